The van der Waals surface area contributed by atoms with Crippen molar-refractivity contribution in [3.05, 3.63) is 105 Å². The van der Waals surface area contributed by atoms with E-state index in [0.717, 1.165) is 56.7 Å². The highest BCUT2D eigenvalue weighted by Crippen LogP contribution is 2.43. The van der Waals surface area contributed by atoms with Crippen LogP contribution < -0.4 is 20.5 Å². The summed E-state index contributed by atoms with van der Waals surface area (Å²) in [7, 11) is -10.3. The van der Waals surface area contributed by atoms with E-state index in [2.05, 4.69) is 14.8 Å². The SMILES string of the molecule is CC(C)(C)[S@](=O)N[C@H](Cc1cc(F)c(F)cc1F)C1C[C@H]2CC[C@@H](C1)N2.CC(C)(C)[S@](=O)N[C@H](Cc1cc(F)c(F)cc1F)C1C[C@H]2CC[C@@H](C1)N2C(=O)CS(=O)(=O)N1CCOCC1.N[C@H](Cc1cc(F)c(F)cc1F)C1C[C@H]2CC[C@@H](C1)N2C(=O)CS(=O)(=O)N1CCOCC1. The molecule has 11 rings (SSSR count). The zero-order valence-electron chi connectivity index (χ0n) is 55.1. The van der Waals surface area contributed by atoms with Crippen LogP contribution in [-0.2, 0) is 80.3 Å². The molecule has 538 valence electrons. The van der Waals surface area contributed by atoms with Gasteiger partial charge in [-0.05, 0) is 190 Å². The van der Waals surface area contributed by atoms with Crippen molar-refractivity contribution < 1.29 is 83.8 Å². The summed E-state index contributed by atoms with van der Waals surface area (Å²) < 4.78 is 218. The molecule has 0 radical (unpaired) electrons. The summed E-state index contributed by atoms with van der Waals surface area (Å²) in [5.74, 6) is -11.4. The van der Waals surface area contributed by atoms with Crippen LogP contribution in [0, 0.1) is 70.1 Å². The topological polar surface area (TPSA) is 230 Å². The maximum absolute atomic E-state index is 14.5. The maximum atomic E-state index is 14.5. The summed E-state index contributed by atoms with van der Waals surface area (Å²) in [5.41, 5.74) is 6.44. The van der Waals surface area contributed by atoms with Crippen LogP contribution in [0.15, 0.2) is 36.4 Å². The molecule has 0 saturated carbocycles. The number of rotatable bonds is 19. The number of hydrogen-bond acceptors (Lipinski definition) is 12. The van der Waals surface area contributed by atoms with Gasteiger partial charge in [-0.15, -0.1) is 0 Å². The number of benzene rings is 3. The molecule has 96 heavy (non-hydrogen) atoms. The van der Waals surface area contributed by atoms with Crippen molar-refractivity contribution in [2.75, 3.05) is 64.1 Å². The summed E-state index contributed by atoms with van der Waals surface area (Å²) in [5, 5.41) is 3.56. The monoisotopic (exact) mass is 1440 g/mol. The third-order valence-corrected chi connectivity index (χ3v) is 26.7. The Kier molecular flexibility index (Phi) is 25.2. The first kappa shape index (κ1) is 76.0. The number of sulfonamides is 2. The molecule has 0 aromatic heterocycles. The Morgan fingerprint density at radius 1 is 0.490 bits per heavy atom. The van der Waals surface area contributed by atoms with E-state index in [9.17, 15) is 74.4 Å². The highest BCUT2D eigenvalue weighted by molar-refractivity contribution is 7.90. The molecule has 0 aliphatic carbocycles. The third kappa shape index (κ3) is 19.1. The van der Waals surface area contributed by atoms with E-state index in [-0.39, 0.29) is 110 Å². The van der Waals surface area contributed by atoms with Crippen molar-refractivity contribution in [2.24, 2.45) is 23.5 Å². The molecule has 8 aliphatic heterocycles. The van der Waals surface area contributed by atoms with Gasteiger partial charge in [-0.3, -0.25) is 9.59 Å². The number of amides is 2. The first-order chi connectivity index (χ1) is 45.0. The van der Waals surface area contributed by atoms with Crippen molar-refractivity contribution in [3.63, 3.8) is 0 Å². The molecule has 2 amide bonds. The highest BCUT2D eigenvalue weighted by atomic mass is 32.2. The molecular formula is C65H91F9N8O10S4. The number of piperidine rings is 3. The van der Waals surface area contributed by atoms with Gasteiger partial charge in [0, 0.05) is 98.8 Å². The fourth-order valence-electron chi connectivity index (χ4n) is 14.9. The largest absolute Gasteiger partial charge is 0.379 e. The van der Waals surface area contributed by atoms with Crippen LogP contribution in [0.3, 0.4) is 0 Å². The van der Waals surface area contributed by atoms with Crippen LogP contribution in [0.5, 0.6) is 0 Å². The Balaban J connectivity index is 0.000000172. The number of nitrogens with two attached hydrogens (primary N) is 1. The number of morpholine rings is 2. The minimum absolute atomic E-state index is 0.00564. The molecule has 8 aliphatic rings. The molecule has 3 aromatic rings. The van der Waals surface area contributed by atoms with Crippen molar-refractivity contribution in [3.8, 4) is 0 Å². The number of halogens is 9. The second-order valence-corrected chi connectivity index (χ2v) is 36.7. The van der Waals surface area contributed by atoms with Gasteiger partial charge in [0.15, 0.2) is 34.9 Å². The Bertz CT molecular complexity index is 3510. The van der Waals surface area contributed by atoms with Gasteiger partial charge >= 0.3 is 0 Å². The van der Waals surface area contributed by atoms with Crippen molar-refractivity contribution in [1.82, 2.24) is 33.2 Å². The lowest BCUT2D eigenvalue weighted by Crippen LogP contribution is -2.54. The van der Waals surface area contributed by atoms with E-state index in [1.807, 2.05) is 20.8 Å². The molecule has 14 atom stereocenters. The predicted molar refractivity (Wildman–Crippen MR) is 345 cm³/mol. The quantitative estimate of drug-likeness (QED) is 0.0676. The molecule has 8 saturated heterocycles. The van der Waals surface area contributed by atoms with Crippen LogP contribution in [0.1, 0.15) is 135 Å². The molecule has 18 nitrogen and oxygen atoms in total. The summed E-state index contributed by atoms with van der Waals surface area (Å²) in [6.07, 6.45) is 9.42. The van der Waals surface area contributed by atoms with Crippen molar-refractivity contribution in [1.29, 1.82) is 0 Å². The molecule has 8 heterocycles. The average Bonchev–Trinajstić information content (AvgIpc) is 1.59. The molecule has 3 unspecified atom stereocenters. The number of hydrogen-bond donors (Lipinski definition) is 4. The zero-order valence-corrected chi connectivity index (χ0v) is 58.3. The van der Waals surface area contributed by atoms with E-state index in [0.29, 0.717) is 95.2 Å². The first-order valence-electron chi connectivity index (χ1n) is 33.1. The molecule has 0 spiro atoms. The summed E-state index contributed by atoms with van der Waals surface area (Å²) in [4.78, 5) is 29.5. The van der Waals surface area contributed by atoms with Gasteiger partial charge in [0.1, 0.15) is 29.0 Å². The number of carbonyl (C=O) groups is 2. The van der Waals surface area contributed by atoms with Gasteiger partial charge in [-0.25, -0.2) is 74.2 Å². The third-order valence-electron chi connectivity index (χ3n) is 19.9. The molecule has 6 bridgehead atoms. The second kappa shape index (κ2) is 31.8. The minimum Gasteiger partial charge on any atom is -0.379 e. The normalized spacial score (nSPS) is 27.2. The first-order valence-corrected chi connectivity index (χ1v) is 38.6. The Labute approximate surface area is 562 Å². The molecule has 8 fully saturated rings. The molecule has 31 heteroatoms. The predicted octanol–water partition coefficient (Wildman–Crippen LogP) is 7.50. The minimum atomic E-state index is -3.76. The van der Waals surface area contributed by atoms with Gasteiger partial charge in [-0.1, -0.05) is 0 Å². The Morgan fingerprint density at radius 3 is 1.12 bits per heavy atom. The van der Waals surface area contributed by atoms with E-state index in [1.54, 1.807) is 30.6 Å². The maximum Gasteiger partial charge on any atom is 0.239 e. The van der Waals surface area contributed by atoms with E-state index < -0.39 is 139 Å². The molecule has 3 aromatic carbocycles. The molecule has 5 N–H and O–H groups in total. The zero-order chi connectivity index (χ0) is 69.9. The van der Waals surface area contributed by atoms with Crippen LogP contribution in [0.2, 0.25) is 0 Å². The average molecular weight is 1440 g/mol. The lowest BCUT2D eigenvalue weighted by molar-refractivity contribution is -0.134. The van der Waals surface area contributed by atoms with Crippen LogP contribution >= 0.6 is 0 Å². The van der Waals surface area contributed by atoms with Crippen LogP contribution in [0.4, 0.5) is 39.5 Å². The number of fused-ring (bicyclic) bond motifs is 6. The van der Waals surface area contributed by atoms with Crippen LogP contribution in [0.25, 0.3) is 0 Å². The standard InChI is InChI=1S/C25H36F3N3O5S2.C21H28F3N3O4S.C19H27F3N2OS/c1-25(2,3)37(33)29-23(13-16-12-21(27)22(28)14-20(16)26)17-10-18-4-5-19(11-17)31(18)24(32)15-38(34,35)30-6-8-36-9-7-30;22-17-11-19(24)18(23)9-13(17)10-20(25)14-7-15-1-2-16(8-14)27(15)21(28)12-32(29,30)26-3-5-31-6-4-26;1-19(2,3)26(25)24-18(12-6-13-4-5-14(7-12)23-13)9-11-8-16(21)17(22)10-15(11)20/h12,14,17-19,23,29H,4-11,13,15H2,1-3H3;9,11,14-16,20H,1-8,10,12,25H2;8,10,12-14,18,23-24H,4-7,9H2,1-3H3/t17?,18-,19+,23-,37+;14?,15-,16+,20-;12?,13-,14+,18-,26+/m111/s1. The lowest BCUT2D eigenvalue weighted by atomic mass is 9.82. The van der Waals surface area contributed by atoms with E-state index in [4.69, 9.17) is 15.2 Å². The smallest absolute Gasteiger partial charge is 0.239 e. The van der Waals surface area contributed by atoms with Crippen molar-refractivity contribution >= 4 is 53.8 Å². The van der Waals surface area contributed by atoms with Gasteiger partial charge in [0.05, 0.1) is 57.9 Å². The number of nitrogens with zero attached hydrogens (tertiary/aromatic N) is 4. The Hall–Kier alpha value is -4.15. The summed E-state index contributed by atoms with van der Waals surface area (Å²) in [6, 6.07) is 3.21. The highest BCUT2D eigenvalue weighted by Gasteiger charge is 2.49. The fourth-order valence-corrected chi connectivity index (χ4v) is 19.5. The second-order valence-electron chi connectivity index (χ2n) is 28.8. The Morgan fingerprint density at radius 2 is 0.792 bits per heavy atom. The van der Waals surface area contributed by atoms with Gasteiger partial charge in [0.25, 0.3) is 0 Å². The number of carbonyl (C=O) groups excluding carboxylic acids is 2. The summed E-state index contributed by atoms with van der Waals surface area (Å²) >= 11 is 0. The van der Waals surface area contributed by atoms with E-state index >= 15 is 0 Å². The van der Waals surface area contributed by atoms with Gasteiger partial charge < -0.3 is 30.3 Å². The lowest BCUT2D eigenvalue weighted by Gasteiger charge is -2.42. The van der Waals surface area contributed by atoms with Gasteiger partial charge in [-0.2, -0.15) is 8.61 Å². The number of nitrogens with one attached hydrogen (secondary N) is 3. The van der Waals surface area contributed by atoms with Crippen molar-refractivity contribution in [2.45, 2.75) is 202 Å². The molecular weight excluding hydrogens is 1350 g/mol. The van der Waals surface area contributed by atoms with Gasteiger partial charge in [0.2, 0.25) is 31.9 Å². The van der Waals surface area contributed by atoms with E-state index in [1.165, 1.54) is 8.61 Å². The fraction of sp³-hybridized carbons (Fsp3) is 0.692. The van der Waals surface area contributed by atoms with Crippen LogP contribution in [-0.4, -0.2) is 183 Å². The number of ether oxygens (including phenoxy) is 2. The summed E-state index contributed by atoms with van der Waals surface area (Å²) in [6.45, 7) is 13.2.